The standard InChI is InChI=1S/C11H15NO3.C7H6O2/c1-6(2)15-11-9-8(5-14-11)4-12-7(3)10(9)13;8-7(9)6-4-2-1-3-5-6/h4,6,11,13H,5H2,1-3H3;1-5H,(H,8,9). The number of ether oxygens (including phenoxy) is 2. The molecule has 1 aliphatic heterocycles. The maximum atomic E-state index is 10.1. The van der Waals surface area contributed by atoms with Crippen molar-refractivity contribution < 1.29 is 29.5 Å². The SMILES string of the molecule is Cc1[nH+]cc2c(c1O)C(OC(C)C)OC2.O=C([O-])c1ccccc1. The molecule has 1 atom stereocenters. The average molecular weight is 331 g/mol. The van der Waals surface area contributed by atoms with Crippen molar-refractivity contribution in [2.75, 3.05) is 0 Å². The molecule has 2 heterocycles. The molecule has 0 aliphatic carbocycles. The first-order valence-electron chi connectivity index (χ1n) is 7.66. The number of aromatic nitrogens is 1. The van der Waals surface area contributed by atoms with Crippen LogP contribution in [0.5, 0.6) is 5.75 Å². The molecule has 6 nitrogen and oxygen atoms in total. The Morgan fingerprint density at radius 2 is 2.04 bits per heavy atom. The number of hydrogen-bond acceptors (Lipinski definition) is 5. The number of carbonyl (C=O) groups is 1. The Bertz CT molecular complexity index is 700. The van der Waals surface area contributed by atoms with Crippen molar-refractivity contribution in [1.29, 1.82) is 0 Å². The zero-order chi connectivity index (χ0) is 17.7. The predicted octanol–water partition coefficient (Wildman–Crippen LogP) is 1.52. The Hall–Kier alpha value is -2.44. The minimum atomic E-state index is -1.13. The second kappa shape index (κ2) is 7.90. The largest absolute Gasteiger partial charge is 0.545 e. The molecular formula is C18H21NO5. The fourth-order valence-electron chi connectivity index (χ4n) is 2.26. The van der Waals surface area contributed by atoms with Gasteiger partial charge >= 0.3 is 0 Å². The van der Waals surface area contributed by atoms with Gasteiger partial charge in [0.1, 0.15) is 0 Å². The molecule has 1 aromatic carbocycles. The number of pyridine rings is 1. The normalized spacial score (nSPS) is 15.6. The molecule has 1 aromatic heterocycles. The van der Waals surface area contributed by atoms with E-state index in [9.17, 15) is 15.0 Å². The summed E-state index contributed by atoms with van der Waals surface area (Å²) in [5.41, 5.74) is 2.68. The van der Waals surface area contributed by atoms with Gasteiger partial charge < -0.3 is 24.5 Å². The number of nitrogens with one attached hydrogen (secondary N) is 1. The maximum absolute atomic E-state index is 10.1. The van der Waals surface area contributed by atoms with Crippen molar-refractivity contribution >= 4 is 5.97 Å². The molecule has 0 amide bonds. The maximum Gasteiger partial charge on any atom is 0.219 e. The number of aryl methyl sites for hydroxylation is 1. The highest BCUT2D eigenvalue weighted by Crippen LogP contribution is 2.38. The number of rotatable bonds is 3. The number of fused-ring (bicyclic) bond motifs is 1. The molecule has 0 saturated heterocycles. The van der Waals surface area contributed by atoms with Gasteiger partial charge in [-0.3, -0.25) is 0 Å². The summed E-state index contributed by atoms with van der Waals surface area (Å²) in [7, 11) is 0. The fourth-order valence-corrected chi connectivity index (χ4v) is 2.26. The molecule has 0 fully saturated rings. The van der Waals surface area contributed by atoms with Gasteiger partial charge in [-0.05, 0) is 19.4 Å². The summed E-state index contributed by atoms with van der Waals surface area (Å²) in [6.07, 6.45) is 1.49. The number of carboxylic acids is 1. The van der Waals surface area contributed by atoms with Gasteiger partial charge in [-0.1, -0.05) is 30.3 Å². The van der Waals surface area contributed by atoms with E-state index >= 15 is 0 Å². The smallest absolute Gasteiger partial charge is 0.219 e. The van der Waals surface area contributed by atoms with Crippen molar-refractivity contribution in [2.45, 2.75) is 39.8 Å². The number of carboxylic acid groups (broad SMARTS) is 1. The first-order chi connectivity index (χ1) is 11.4. The summed E-state index contributed by atoms with van der Waals surface area (Å²) in [5.74, 6) is -0.883. The molecule has 3 rings (SSSR count). The highest BCUT2D eigenvalue weighted by atomic mass is 16.7. The van der Waals surface area contributed by atoms with Gasteiger partial charge in [-0.25, -0.2) is 4.98 Å². The molecule has 128 valence electrons. The van der Waals surface area contributed by atoms with E-state index < -0.39 is 12.3 Å². The predicted molar refractivity (Wildman–Crippen MR) is 83.9 cm³/mol. The Morgan fingerprint density at radius 1 is 1.38 bits per heavy atom. The number of aromatic hydroxyl groups is 1. The highest BCUT2D eigenvalue weighted by molar-refractivity contribution is 5.85. The van der Waals surface area contributed by atoms with E-state index in [1.165, 1.54) is 12.1 Å². The third-order valence-corrected chi connectivity index (χ3v) is 3.45. The lowest BCUT2D eigenvalue weighted by molar-refractivity contribution is -0.389. The number of benzene rings is 1. The van der Waals surface area contributed by atoms with Gasteiger partial charge in [-0.15, -0.1) is 0 Å². The molecule has 0 spiro atoms. The van der Waals surface area contributed by atoms with Crippen LogP contribution < -0.4 is 10.1 Å². The van der Waals surface area contributed by atoms with Crippen LogP contribution in [0.4, 0.5) is 0 Å². The topological polar surface area (TPSA) is 93.0 Å². The fraction of sp³-hybridized carbons (Fsp3) is 0.333. The lowest BCUT2D eigenvalue weighted by Gasteiger charge is -2.15. The lowest BCUT2D eigenvalue weighted by Crippen LogP contribution is -2.21. The van der Waals surface area contributed by atoms with E-state index in [1.54, 1.807) is 18.2 Å². The number of hydrogen-bond donors (Lipinski definition) is 1. The molecule has 6 heteroatoms. The minimum Gasteiger partial charge on any atom is -0.545 e. The molecule has 0 saturated carbocycles. The summed E-state index contributed by atoms with van der Waals surface area (Å²) < 4.78 is 11.0. The minimum absolute atomic E-state index is 0.0739. The Labute approximate surface area is 140 Å². The van der Waals surface area contributed by atoms with E-state index in [0.29, 0.717) is 6.61 Å². The van der Waals surface area contributed by atoms with Gasteiger partial charge in [0.2, 0.25) is 5.69 Å². The van der Waals surface area contributed by atoms with Crippen molar-refractivity contribution in [3.63, 3.8) is 0 Å². The van der Waals surface area contributed by atoms with Crippen LogP contribution in [0.25, 0.3) is 0 Å². The van der Waals surface area contributed by atoms with E-state index in [0.717, 1.165) is 16.8 Å². The van der Waals surface area contributed by atoms with E-state index in [4.69, 9.17) is 9.47 Å². The second-order valence-corrected chi connectivity index (χ2v) is 5.68. The molecule has 1 aliphatic rings. The van der Waals surface area contributed by atoms with Crippen molar-refractivity contribution in [3.8, 4) is 5.75 Å². The molecule has 2 N–H and O–H groups in total. The molecule has 2 aromatic rings. The summed E-state index contributed by atoms with van der Waals surface area (Å²) in [5, 5.41) is 20.0. The van der Waals surface area contributed by atoms with Crippen LogP contribution in [-0.2, 0) is 16.1 Å². The van der Waals surface area contributed by atoms with Crippen LogP contribution in [0, 0.1) is 6.92 Å². The third kappa shape index (κ3) is 4.31. The highest BCUT2D eigenvalue weighted by Gasteiger charge is 2.31. The number of H-pyrrole nitrogens is 1. The first-order valence-corrected chi connectivity index (χ1v) is 7.66. The van der Waals surface area contributed by atoms with Gasteiger partial charge in [0.05, 0.1) is 29.8 Å². The van der Waals surface area contributed by atoms with Crippen LogP contribution >= 0.6 is 0 Å². The number of aromatic carboxylic acids is 1. The van der Waals surface area contributed by atoms with Crippen LogP contribution in [0.3, 0.4) is 0 Å². The second-order valence-electron chi connectivity index (χ2n) is 5.68. The average Bonchev–Trinajstić information content (AvgIpc) is 2.95. The Kier molecular flexibility index (Phi) is 5.89. The monoisotopic (exact) mass is 331 g/mol. The first kappa shape index (κ1) is 17.9. The summed E-state index contributed by atoms with van der Waals surface area (Å²) in [6, 6.07) is 8.06. The van der Waals surface area contributed by atoms with Gasteiger partial charge in [-0.2, -0.15) is 0 Å². The van der Waals surface area contributed by atoms with Crippen LogP contribution in [0.15, 0.2) is 36.5 Å². The quantitative estimate of drug-likeness (QED) is 0.920. The molecule has 0 radical (unpaired) electrons. The zero-order valence-electron chi connectivity index (χ0n) is 13.9. The van der Waals surface area contributed by atoms with E-state index in [2.05, 4.69) is 4.98 Å². The van der Waals surface area contributed by atoms with E-state index in [-0.39, 0.29) is 17.4 Å². The lowest BCUT2D eigenvalue weighted by atomic mass is 10.1. The van der Waals surface area contributed by atoms with Crippen molar-refractivity contribution in [1.82, 2.24) is 0 Å². The van der Waals surface area contributed by atoms with Crippen molar-refractivity contribution in [2.24, 2.45) is 0 Å². The third-order valence-electron chi connectivity index (χ3n) is 3.45. The summed E-state index contributed by atoms with van der Waals surface area (Å²) in [4.78, 5) is 13.1. The van der Waals surface area contributed by atoms with Gasteiger partial charge in [0.15, 0.2) is 18.2 Å². The zero-order valence-corrected chi connectivity index (χ0v) is 13.9. The number of carbonyl (C=O) groups excluding carboxylic acids is 1. The molecular weight excluding hydrogens is 310 g/mol. The van der Waals surface area contributed by atoms with Crippen LogP contribution in [0.1, 0.15) is 47.3 Å². The summed E-state index contributed by atoms with van der Waals surface area (Å²) in [6.45, 7) is 6.19. The number of aromatic amines is 1. The van der Waals surface area contributed by atoms with Gasteiger partial charge in [0, 0.05) is 6.92 Å². The van der Waals surface area contributed by atoms with Crippen LogP contribution in [0.2, 0.25) is 0 Å². The molecule has 1 unspecified atom stereocenters. The molecule has 0 bridgehead atoms. The Balaban J connectivity index is 0.000000198. The van der Waals surface area contributed by atoms with Crippen LogP contribution in [-0.4, -0.2) is 17.2 Å². The van der Waals surface area contributed by atoms with Gasteiger partial charge in [0.25, 0.3) is 0 Å². The van der Waals surface area contributed by atoms with Crippen molar-refractivity contribution in [3.05, 3.63) is 58.9 Å². The Morgan fingerprint density at radius 3 is 2.58 bits per heavy atom. The summed E-state index contributed by atoms with van der Waals surface area (Å²) >= 11 is 0. The molecule has 24 heavy (non-hydrogen) atoms. The van der Waals surface area contributed by atoms with E-state index in [1.807, 2.05) is 27.0 Å².